The summed E-state index contributed by atoms with van der Waals surface area (Å²) in [5.41, 5.74) is 5.03. The second kappa shape index (κ2) is 5.79. The molecular weight excluding hydrogens is 244 g/mol. The zero-order valence-corrected chi connectivity index (χ0v) is 10.9. The Morgan fingerprint density at radius 1 is 1.41 bits per heavy atom. The molecule has 0 spiro atoms. The van der Waals surface area contributed by atoms with E-state index >= 15 is 0 Å². The number of hydrogen-bond acceptors (Lipinski definition) is 5. The molecule has 1 aliphatic rings. The van der Waals surface area contributed by atoms with Gasteiger partial charge in [0.25, 0.3) is 0 Å². The van der Waals surface area contributed by atoms with Crippen molar-refractivity contribution in [1.29, 1.82) is 0 Å². The molecule has 0 aromatic heterocycles. The molecule has 0 saturated carbocycles. The fourth-order valence-electron chi connectivity index (χ4n) is 1.60. The van der Waals surface area contributed by atoms with Crippen molar-refractivity contribution in [3.05, 3.63) is 0 Å². The molecule has 0 aliphatic carbocycles. The Balaban J connectivity index is 2.39. The highest BCUT2D eigenvalue weighted by atomic mass is 32.2. The van der Waals surface area contributed by atoms with Crippen LogP contribution in [0.25, 0.3) is 0 Å². The van der Waals surface area contributed by atoms with Gasteiger partial charge in [0, 0.05) is 25.5 Å². The first-order valence-electron chi connectivity index (χ1n) is 5.75. The maximum atomic E-state index is 11.8. The highest BCUT2D eigenvalue weighted by Crippen LogP contribution is 2.17. The van der Waals surface area contributed by atoms with Crippen molar-refractivity contribution >= 4 is 15.7 Å². The lowest BCUT2D eigenvalue weighted by molar-refractivity contribution is -0.129. The SMILES string of the molecule is CCS(=O)(=O)CCNC(=O)C1(N)CCOCC1. The summed E-state index contributed by atoms with van der Waals surface area (Å²) >= 11 is 0. The van der Waals surface area contributed by atoms with Crippen molar-refractivity contribution in [3.8, 4) is 0 Å². The van der Waals surface area contributed by atoms with E-state index in [1.165, 1.54) is 0 Å². The molecule has 0 radical (unpaired) electrons. The second-order valence-electron chi connectivity index (χ2n) is 4.26. The van der Waals surface area contributed by atoms with E-state index in [2.05, 4.69) is 5.32 Å². The molecule has 0 bridgehead atoms. The second-order valence-corrected chi connectivity index (χ2v) is 6.73. The van der Waals surface area contributed by atoms with Crippen LogP contribution < -0.4 is 11.1 Å². The minimum atomic E-state index is -3.05. The van der Waals surface area contributed by atoms with Crippen molar-refractivity contribution < 1.29 is 17.9 Å². The van der Waals surface area contributed by atoms with Crippen LogP contribution in [-0.4, -0.2) is 51.1 Å². The Kier molecular flexibility index (Phi) is 4.91. The fourth-order valence-corrected chi connectivity index (χ4v) is 2.30. The normalized spacial score (nSPS) is 19.9. The van der Waals surface area contributed by atoms with E-state index in [0.717, 1.165) is 0 Å². The molecule has 1 heterocycles. The largest absolute Gasteiger partial charge is 0.381 e. The van der Waals surface area contributed by atoms with E-state index in [1.54, 1.807) is 6.92 Å². The summed E-state index contributed by atoms with van der Waals surface area (Å²) in [6, 6.07) is 0. The first-order chi connectivity index (χ1) is 7.90. The third kappa shape index (κ3) is 4.25. The van der Waals surface area contributed by atoms with Gasteiger partial charge in [0.15, 0.2) is 9.84 Å². The van der Waals surface area contributed by atoms with E-state index in [4.69, 9.17) is 10.5 Å². The topological polar surface area (TPSA) is 98.5 Å². The Morgan fingerprint density at radius 2 is 2.00 bits per heavy atom. The predicted molar refractivity (Wildman–Crippen MR) is 64.3 cm³/mol. The van der Waals surface area contributed by atoms with Gasteiger partial charge in [-0.2, -0.15) is 0 Å². The third-order valence-electron chi connectivity index (χ3n) is 2.98. The lowest BCUT2D eigenvalue weighted by Crippen LogP contribution is -2.57. The molecule has 6 nitrogen and oxygen atoms in total. The van der Waals surface area contributed by atoms with Gasteiger partial charge in [0.1, 0.15) is 0 Å². The summed E-state index contributed by atoms with van der Waals surface area (Å²) in [4.78, 5) is 11.8. The number of ether oxygens (including phenoxy) is 1. The maximum absolute atomic E-state index is 11.8. The molecule has 1 amide bonds. The van der Waals surface area contributed by atoms with Gasteiger partial charge in [0.05, 0.1) is 11.3 Å². The van der Waals surface area contributed by atoms with Crippen molar-refractivity contribution in [2.24, 2.45) is 5.73 Å². The average Bonchev–Trinajstić information content (AvgIpc) is 2.29. The molecule has 0 aromatic carbocycles. The van der Waals surface area contributed by atoms with Crippen LogP contribution in [0.4, 0.5) is 0 Å². The Morgan fingerprint density at radius 3 is 2.53 bits per heavy atom. The lowest BCUT2D eigenvalue weighted by Gasteiger charge is -2.31. The molecule has 17 heavy (non-hydrogen) atoms. The smallest absolute Gasteiger partial charge is 0.240 e. The van der Waals surface area contributed by atoms with Crippen molar-refractivity contribution in [3.63, 3.8) is 0 Å². The van der Waals surface area contributed by atoms with Gasteiger partial charge in [-0.15, -0.1) is 0 Å². The minimum absolute atomic E-state index is 0.0399. The van der Waals surface area contributed by atoms with Gasteiger partial charge in [-0.25, -0.2) is 8.42 Å². The van der Waals surface area contributed by atoms with Crippen LogP contribution in [0, 0.1) is 0 Å². The summed E-state index contributed by atoms with van der Waals surface area (Å²) in [6.45, 7) is 2.64. The van der Waals surface area contributed by atoms with E-state index in [9.17, 15) is 13.2 Å². The molecular formula is C10H20N2O4S. The van der Waals surface area contributed by atoms with Crippen LogP contribution >= 0.6 is 0 Å². The van der Waals surface area contributed by atoms with E-state index in [1.807, 2.05) is 0 Å². The number of nitrogens with two attached hydrogens (primary N) is 1. The fraction of sp³-hybridized carbons (Fsp3) is 0.900. The zero-order chi connectivity index (χ0) is 12.9. The number of hydrogen-bond donors (Lipinski definition) is 2. The number of amides is 1. The lowest BCUT2D eigenvalue weighted by atomic mass is 9.90. The third-order valence-corrected chi connectivity index (χ3v) is 4.68. The van der Waals surface area contributed by atoms with Crippen LogP contribution in [0.2, 0.25) is 0 Å². The zero-order valence-electron chi connectivity index (χ0n) is 10.1. The molecule has 7 heteroatoms. The first kappa shape index (κ1) is 14.4. The highest BCUT2D eigenvalue weighted by molar-refractivity contribution is 7.91. The van der Waals surface area contributed by atoms with Crippen LogP contribution in [0.1, 0.15) is 19.8 Å². The van der Waals surface area contributed by atoms with Gasteiger partial charge in [-0.05, 0) is 12.8 Å². The minimum Gasteiger partial charge on any atom is -0.381 e. The van der Waals surface area contributed by atoms with Gasteiger partial charge >= 0.3 is 0 Å². The van der Waals surface area contributed by atoms with Crippen molar-refractivity contribution in [2.45, 2.75) is 25.3 Å². The van der Waals surface area contributed by atoms with Crippen molar-refractivity contribution in [1.82, 2.24) is 5.32 Å². The summed E-state index contributed by atoms with van der Waals surface area (Å²) < 4.78 is 27.6. The monoisotopic (exact) mass is 264 g/mol. The number of carbonyl (C=O) groups excluding carboxylic acids is 1. The van der Waals surface area contributed by atoms with Gasteiger partial charge in [0.2, 0.25) is 5.91 Å². The Hall–Kier alpha value is -0.660. The molecule has 100 valence electrons. The molecule has 0 aromatic rings. The summed E-state index contributed by atoms with van der Waals surface area (Å²) in [6.07, 6.45) is 0.943. The quantitative estimate of drug-likeness (QED) is 0.667. The average molecular weight is 264 g/mol. The summed E-state index contributed by atoms with van der Waals surface area (Å²) in [5, 5.41) is 2.58. The van der Waals surface area contributed by atoms with Crippen LogP contribution in [-0.2, 0) is 19.4 Å². The number of sulfone groups is 1. The summed E-state index contributed by atoms with van der Waals surface area (Å²) in [5.74, 6) is -0.237. The molecule has 1 fully saturated rings. The maximum Gasteiger partial charge on any atom is 0.240 e. The standard InChI is InChI=1S/C10H20N2O4S/c1-2-17(14,15)8-5-12-9(13)10(11)3-6-16-7-4-10/h2-8,11H2,1H3,(H,12,13). The number of nitrogens with one attached hydrogen (secondary N) is 1. The van der Waals surface area contributed by atoms with Crippen LogP contribution in [0.5, 0.6) is 0 Å². The van der Waals surface area contributed by atoms with Crippen LogP contribution in [0.15, 0.2) is 0 Å². The highest BCUT2D eigenvalue weighted by Gasteiger charge is 2.35. The molecule has 1 aliphatic heterocycles. The Bertz CT molecular complexity index is 361. The number of carbonyl (C=O) groups is 1. The van der Waals surface area contributed by atoms with E-state index in [-0.39, 0.29) is 24.0 Å². The molecule has 3 N–H and O–H groups in total. The molecule has 1 rings (SSSR count). The first-order valence-corrected chi connectivity index (χ1v) is 7.57. The predicted octanol–water partition coefficient (Wildman–Crippen LogP) is -0.955. The van der Waals surface area contributed by atoms with Crippen molar-refractivity contribution in [2.75, 3.05) is 31.3 Å². The van der Waals surface area contributed by atoms with E-state index in [0.29, 0.717) is 26.1 Å². The molecule has 0 unspecified atom stereocenters. The van der Waals surface area contributed by atoms with Gasteiger partial charge in [-0.1, -0.05) is 6.92 Å². The van der Waals surface area contributed by atoms with Crippen LogP contribution in [0.3, 0.4) is 0 Å². The molecule has 1 saturated heterocycles. The molecule has 0 atom stereocenters. The Labute approximate surface area is 102 Å². The van der Waals surface area contributed by atoms with Gasteiger partial charge < -0.3 is 15.8 Å². The van der Waals surface area contributed by atoms with E-state index < -0.39 is 15.4 Å². The van der Waals surface area contributed by atoms with Gasteiger partial charge in [-0.3, -0.25) is 4.79 Å². The number of rotatable bonds is 5. The summed E-state index contributed by atoms with van der Waals surface area (Å²) in [7, 11) is -3.05.